The van der Waals surface area contributed by atoms with Crippen molar-refractivity contribution in [1.82, 2.24) is 0 Å². The Bertz CT molecular complexity index is 654. The summed E-state index contributed by atoms with van der Waals surface area (Å²) in [6, 6.07) is 10.0. The van der Waals surface area contributed by atoms with Crippen molar-refractivity contribution in [3.05, 3.63) is 58.9 Å². The van der Waals surface area contributed by atoms with Gasteiger partial charge in [-0.1, -0.05) is 18.2 Å². The average Bonchev–Trinajstić information content (AvgIpc) is 2.71. The Morgan fingerprint density at radius 3 is 2.57 bits per heavy atom. The quantitative estimate of drug-likeness (QED) is 0.920. The number of ether oxygens (including phenoxy) is 2. The Morgan fingerprint density at radius 2 is 1.81 bits per heavy atom. The lowest BCUT2D eigenvalue weighted by Crippen LogP contribution is -2.04. The molecule has 3 nitrogen and oxygen atoms in total. The van der Waals surface area contributed by atoms with Gasteiger partial charge in [0.25, 0.3) is 0 Å². The fraction of sp³-hybridized carbons (Fsp3) is 0.294. The molecule has 0 amide bonds. The number of hydrogen-bond donors (Lipinski definition) is 1. The topological polar surface area (TPSA) is 38.7 Å². The van der Waals surface area contributed by atoms with E-state index in [1.54, 1.807) is 30.3 Å². The van der Waals surface area contributed by atoms with E-state index in [-0.39, 0.29) is 5.56 Å². The van der Waals surface area contributed by atoms with Crippen molar-refractivity contribution in [1.29, 1.82) is 0 Å². The largest absolute Gasteiger partial charge is 0.490 e. The third-order valence-electron chi connectivity index (χ3n) is 3.54. The molecule has 0 saturated carbocycles. The highest BCUT2D eigenvalue weighted by Gasteiger charge is 2.18. The molecule has 4 heteroatoms. The molecular weight excluding hydrogens is 271 g/mol. The highest BCUT2D eigenvalue weighted by molar-refractivity contribution is 5.46. The second-order valence-electron chi connectivity index (χ2n) is 5.18. The Labute approximate surface area is 122 Å². The molecule has 1 aliphatic rings. The minimum absolute atomic E-state index is 0.259. The maximum absolute atomic E-state index is 14.0. The molecule has 0 aliphatic carbocycles. The number of benzene rings is 2. The summed E-state index contributed by atoms with van der Waals surface area (Å²) >= 11 is 0. The van der Waals surface area contributed by atoms with Crippen LogP contribution in [0, 0.1) is 12.7 Å². The van der Waals surface area contributed by atoms with Crippen LogP contribution in [-0.4, -0.2) is 18.3 Å². The monoisotopic (exact) mass is 288 g/mol. The molecule has 0 bridgehead atoms. The van der Waals surface area contributed by atoms with Gasteiger partial charge in [0.1, 0.15) is 11.9 Å². The summed E-state index contributed by atoms with van der Waals surface area (Å²) in [5, 5.41) is 10.4. The summed E-state index contributed by atoms with van der Waals surface area (Å²) in [5.41, 5.74) is 1.67. The molecule has 0 spiro atoms. The van der Waals surface area contributed by atoms with Crippen molar-refractivity contribution >= 4 is 0 Å². The van der Waals surface area contributed by atoms with E-state index in [4.69, 9.17) is 9.47 Å². The van der Waals surface area contributed by atoms with E-state index in [0.717, 1.165) is 12.0 Å². The third kappa shape index (κ3) is 2.85. The highest BCUT2D eigenvalue weighted by atomic mass is 19.1. The van der Waals surface area contributed by atoms with Crippen LogP contribution < -0.4 is 9.47 Å². The molecule has 1 aliphatic heterocycles. The normalized spacial score (nSPS) is 15.4. The van der Waals surface area contributed by atoms with E-state index in [0.29, 0.717) is 30.3 Å². The molecule has 3 rings (SSSR count). The summed E-state index contributed by atoms with van der Waals surface area (Å²) in [7, 11) is 0. The first-order valence-corrected chi connectivity index (χ1v) is 6.99. The molecular formula is C17H17FO3. The van der Waals surface area contributed by atoms with Crippen LogP contribution in [0.2, 0.25) is 0 Å². The van der Waals surface area contributed by atoms with E-state index >= 15 is 0 Å². The van der Waals surface area contributed by atoms with Crippen LogP contribution in [0.15, 0.2) is 36.4 Å². The molecule has 0 radical (unpaired) electrons. The number of aryl methyl sites for hydroxylation is 1. The maximum Gasteiger partial charge on any atom is 0.161 e. The van der Waals surface area contributed by atoms with E-state index in [1.165, 1.54) is 6.07 Å². The second-order valence-corrected chi connectivity index (χ2v) is 5.18. The van der Waals surface area contributed by atoms with Gasteiger partial charge in [-0.15, -0.1) is 0 Å². The number of fused-ring (bicyclic) bond motifs is 1. The fourth-order valence-corrected chi connectivity index (χ4v) is 2.38. The van der Waals surface area contributed by atoms with Gasteiger partial charge < -0.3 is 14.6 Å². The van der Waals surface area contributed by atoms with E-state index in [2.05, 4.69) is 0 Å². The average molecular weight is 288 g/mol. The zero-order chi connectivity index (χ0) is 14.8. The van der Waals surface area contributed by atoms with Gasteiger partial charge in [0, 0.05) is 12.0 Å². The van der Waals surface area contributed by atoms with Gasteiger partial charge in [0.15, 0.2) is 11.5 Å². The van der Waals surface area contributed by atoms with Crippen LogP contribution >= 0.6 is 0 Å². The van der Waals surface area contributed by atoms with Crippen molar-refractivity contribution in [2.24, 2.45) is 0 Å². The lowest BCUT2D eigenvalue weighted by molar-refractivity contribution is 0.214. The summed E-state index contributed by atoms with van der Waals surface area (Å²) < 4.78 is 25.1. The second kappa shape index (κ2) is 5.74. The zero-order valence-electron chi connectivity index (χ0n) is 11.8. The van der Waals surface area contributed by atoms with Gasteiger partial charge in [0.2, 0.25) is 0 Å². The number of aliphatic hydroxyl groups is 1. The molecule has 21 heavy (non-hydrogen) atoms. The molecule has 110 valence electrons. The first kappa shape index (κ1) is 13.9. The van der Waals surface area contributed by atoms with Crippen molar-refractivity contribution < 1.29 is 19.0 Å². The van der Waals surface area contributed by atoms with Crippen molar-refractivity contribution in [2.45, 2.75) is 19.4 Å². The molecule has 1 unspecified atom stereocenters. The zero-order valence-corrected chi connectivity index (χ0v) is 11.8. The predicted octanol–water partition coefficient (Wildman–Crippen LogP) is 3.38. The van der Waals surface area contributed by atoms with Gasteiger partial charge in [0.05, 0.1) is 13.2 Å². The van der Waals surface area contributed by atoms with Gasteiger partial charge in [-0.3, -0.25) is 0 Å². The van der Waals surface area contributed by atoms with Crippen LogP contribution in [0.4, 0.5) is 4.39 Å². The van der Waals surface area contributed by atoms with E-state index < -0.39 is 11.9 Å². The smallest absolute Gasteiger partial charge is 0.161 e. The minimum Gasteiger partial charge on any atom is -0.490 e. The van der Waals surface area contributed by atoms with E-state index in [9.17, 15) is 9.50 Å². The van der Waals surface area contributed by atoms with Crippen LogP contribution in [0.5, 0.6) is 11.5 Å². The first-order chi connectivity index (χ1) is 10.1. The summed E-state index contributed by atoms with van der Waals surface area (Å²) in [4.78, 5) is 0. The SMILES string of the molecule is Cc1ccc(C(O)c2ccc3c(c2)OCCCO3)c(F)c1. The van der Waals surface area contributed by atoms with Crippen molar-refractivity contribution in [3.63, 3.8) is 0 Å². The minimum atomic E-state index is -1.03. The Kier molecular flexibility index (Phi) is 3.80. The number of rotatable bonds is 2. The first-order valence-electron chi connectivity index (χ1n) is 6.99. The molecule has 0 saturated heterocycles. The summed E-state index contributed by atoms with van der Waals surface area (Å²) in [6.07, 6.45) is -0.207. The van der Waals surface area contributed by atoms with Crippen LogP contribution in [0.3, 0.4) is 0 Å². The highest BCUT2D eigenvalue weighted by Crippen LogP contribution is 2.34. The summed E-state index contributed by atoms with van der Waals surface area (Å²) in [6.45, 7) is 3.00. The third-order valence-corrected chi connectivity index (χ3v) is 3.54. The van der Waals surface area contributed by atoms with Crippen LogP contribution in [0.1, 0.15) is 29.2 Å². The Balaban J connectivity index is 1.94. The van der Waals surface area contributed by atoms with Gasteiger partial charge >= 0.3 is 0 Å². The molecule has 2 aromatic carbocycles. The lowest BCUT2D eigenvalue weighted by atomic mass is 9.99. The number of hydrogen-bond acceptors (Lipinski definition) is 3. The van der Waals surface area contributed by atoms with Gasteiger partial charge in [-0.25, -0.2) is 4.39 Å². The number of halogens is 1. The number of aliphatic hydroxyl groups excluding tert-OH is 1. The molecule has 1 heterocycles. The fourth-order valence-electron chi connectivity index (χ4n) is 2.38. The predicted molar refractivity (Wildman–Crippen MR) is 77.2 cm³/mol. The van der Waals surface area contributed by atoms with Crippen molar-refractivity contribution in [3.8, 4) is 11.5 Å². The molecule has 2 aromatic rings. The van der Waals surface area contributed by atoms with Gasteiger partial charge in [-0.05, 0) is 36.2 Å². The molecule has 1 atom stereocenters. The summed E-state index contributed by atoms with van der Waals surface area (Å²) in [5.74, 6) is 0.846. The van der Waals surface area contributed by atoms with Gasteiger partial charge in [-0.2, -0.15) is 0 Å². The maximum atomic E-state index is 14.0. The van der Waals surface area contributed by atoms with E-state index in [1.807, 2.05) is 6.92 Å². The Morgan fingerprint density at radius 1 is 1.05 bits per heavy atom. The van der Waals surface area contributed by atoms with Crippen LogP contribution in [-0.2, 0) is 0 Å². The van der Waals surface area contributed by atoms with Crippen LogP contribution in [0.25, 0.3) is 0 Å². The molecule has 1 N–H and O–H groups in total. The lowest BCUT2D eigenvalue weighted by Gasteiger charge is -2.15. The molecule has 0 fully saturated rings. The molecule has 0 aromatic heterocycles. The Hall–Kier alpha value is -2.07. The standard InChI is InChI=1S/C17H17FO3/c1-11-3-5-13(14(18)9-11)17(19)12-4-6-15-16(10-12)21-8-2-7-20-15/h3-6,9-10,17,19H,2,7-8H2,1H3. The van der Waals surface area contributed by atoms with Crippen molar-refractivity contribution in [2.75, 3.05) is 13.2 Å².